The number of ether oxygens (including phenoxy) is 2. The SMILES string of the molecule is COc1ccc(-c2nc(CN(CCO)CC34CC5CC(CC(C5)C3)C4)c(C)o2)c(OC)c1. The summed E-state index contributed by atoms with van der Waals surface area (Å²) in [5, 5.41) is 9.78. The summed E-state index contributed by atoms with van der Waals surface area (Å²) in [6.07, 6.45) is 8.46. The summed E-state index contributed by atoms with van der Waals surface area (Å²) in [7, 11) is 3.28. The third kappa shape index (κ3) is 4.15. The number of aliphatic hydroxyl groups is 1. The van der Waals surface area contributed by atoms with Crippen molar-refractivity contribution < 1.29 is 19.0 Å². The standard InChI is InChI=1S/C26H36N2O4/c1-17-23(27-25(32-17)22-5-4-21(30-2)11-24(22)31-3)15-28(6-7-29)16-26-12-18-8-19(13-26)10-20(9-18)14-26/h4-5,11,18-20,29H,6-10,12-16H2,1-3H3. The van der Waals surface area contributed by atoms with Crippen molar-refractivity contribution in [3.05, 3.63) is 29.7 Å². The molecule has 1 aromatic carbocycles. The van der Waals surface area contributed by atoms with Crippen LogP contribution in [-0.2, 0) is 6.54 Å². The van der Waals surface area contributed by atoms with Gasteiger partial charge in [0.15, 0.2) is 0 Å². The molecule has 32 heavy (non-hydrogen) atoms. The van der Waals surface area contributed by atoms with Gasteiger partial charge in [0.05, 0.1) is 32.1 Å². The van der Waals surface area contributed by atoms with Crippen molar-refractivity contribution in [1.29, 1.82) is 0 Å². The zero-order valence-electron chi connectivity index (χ0n) is 19.6. The van der Waals surface area contributed by atoms with E-state index in [1.165, 1.54) is 38.5 Å². The lowest BCUT2D eigenvalue weighted by molar-refractivity contribution is -0.0715. The van der Waals surface area contributed by atoms with E-state index in [0.717, 1.165) is 47.1 Å². The third-order valence-electron chi connectivity index (χ3n) is 8.05. The summed E-state index contributed by atoms with van der Waals surface area (Å²) in [6, 6.07) is 5.66. The van der Waals surface area contributed by atoms with Gasteiger partial charge in [0.2, 0.25) is 5.89 Å². The summed E-state index contributed by atoms with van der Waals surface area (Å²) in [5.41, 5.74) is 2.19. The topological polar surface area (TPSA) is 68.0 Å². The zero-order chi connectivity index (χ0) is 22.3. The maximum atomic E-state index is 9.78. The van der Waals surface area contributed by atoms with Gasteiger partial charge in [-0.3, -0.25) is 4.90 Å². The summed E-state index contributed by atoms with van der Waals surface area (Å²) in [6.45, 7) is 4.59. The zero-order valence-corrected chi connectivity index (χ0v) is 19.6. The molecule has 0 amide bonds. The largest absolute Gasteiger partial charge is 0.497 e. The van der Waals surface area contributed by atoms with Crippen molar-refractivity contribution in [1.82, 2.24) is 9.88 Å². The molecule has 2 aromatic rings. The molecular formula is C26H36N2O4. The predicted molar refractivity (Wildman–Crippen MR) is 123 cm³/mol. The Bertz CT molecular complexity index is 918. The minimum Gasteiger partial charge on any atom is -0.497 e. The van der Waals surface area contributed by atoms with Crippen LogP contribution >= 0.6 is 0 Å². The normalized spacial score (nSPS) is 28.5. The second-order valence-electron chi connectivity index (χ2n) is 10.4. The van der Waals surface area contributed by atoms with Crippen LogP contribution < -0.4 is 9.47 Å². The number of oxazole rings is 1. The number of rotatable bonds is 9. The maximum Gasteiger partial charge on any atom is 0.230 e. The monoisotopic (exact) mass is 440 g/mol. The fourth-order valence-corrected chi connectivity index (χ4v) is 7.19. The minimum absolute atomic E-state index is 0.169. The highest BCUT2D eigenvalue weighted by atomic mass is 16.5. The molecule has 4 bridgehead atoms. The average Bonchev–Trinajstić information content (AvgIpc) is 3.12. The summed E-state index contributed by atoms with van der Waals surface area (Å²) < 4.78 is 16.9. The van der Waals surface area contributed by atoms with Gasteiger partial charge in [-0.15, -0.1) is 0 Å². The lowest BCUT2D eigenvalue weighted by Crippen LogP contribution is -2.51. The molecule has 0 atom stereocenters. The Hall–Kier alpha value is -2.05. The van der Waals surface area contributed by atoms with Crippen molar-refractivity contribution in [2.45, 2.75) is 52.0 Å². The highest BCUT2D eigenvalue weighted by Crippen LogP contribution is 2.60. The van der Waals surface area contributed by atoms with Crippen molar-refractivity contribution in [2.75, 3.05) is 33.9 Å². The molecule has 0 unspecified atom stereocenters. The van der Waals surface area contributed by atoms with E-state index in [-0.39, 0.29) is 6.61 Å². The molecule has 0 radical (unpaired) electrons. The van der Waals surface area contributed by atoms with E-state index in [9.17, 15) is 5.11 Å². The van der Waals surface area contributed by atoms with Crippen LogP contribution in [-0.4, -0.2) is 48.9 Å². The summed E-state index contributed by atoms with van der Waals surface area (Å²) >= 11 is 0. The molecule has 0 saturated heterocycles. The average molecular weight is 441 g/mol. The first kappa shape index (κ1) is 21.8. The van der Waals surface area contributed by atoms with Crippen molar-refractivity contribution in [3.8, 4) is 23.0 Å². The van der Waals surface area contributed by atoms with Gasteiger partial charge in [0, 0.05) is 25.7 Å². The molecule has 0 aliphatic heterocycles. The number of benzene rings is 1. The van der Waals surface area contributed by atoms with Gasteiger partial charge < -0.3 is 19.0 Å². The Morgan fingerprint density at radius 1 is 1.09 bits per heavy atom. The van der Waals surface area contributed by atoms with E-state index in [2.05, 4.69) is 4.90 Å². The van der Waals surface area contributed by atoms with Crippen LogP contribution in [0.3, 0.4) is 0 Å². The molecule has 0 spiro atoms. The number of aromatic nitrogens is 1. The first-order chi connectivity index (χ1) is 15.5. The third-order valence-corrected chi connectivity index (χ3v) is 8.05. The predicted octanol–water partition coefficient (Wildman–Crippen LogP) is 4.68. The van der Waals surface area contributed by atoms with E-state index in [0.29, 0.717) is 30.1 Å². The highest BCUT2D eigenvalue weighted by molar-refractivity contribution is 5.65. The van der Waals surface area contributed by atoms with E-state index in [1.807, 2.05) is 25.1 Å². The van der Waals surface area contributed by atoms with Crippen molar-refractivity contribution >= 4 is 0 Å². The Kier molecular flexibility index (Phi) is 5.93. The molecule has 6 rings (SSSR count). The van der Waals surface area contributed by atoms with Gasteiger partial charge in [0.25, 0.3) is 0 Å². The smallest absolute Gasteiger partial charge is 0.230 e. The number of hydrogen-bond acceptors (Lipinski definition) is 6. The van der Waals surface area contributed by atoms with Gasteiger partial charge in [-0.05, 0) is 80.8 Å². The van der Waals surface area contributed by atoms with Gasteiger partial charge >= 0.3 is 0 Å². The van der Waals surface area contributed by atoms with Gasteiger partial charge in [-0.1, -0.05) is 0 Å². The fraction of sp³-hybridized carbons (Fsp3) is 0.654. The molecule has 174 valence electrons. The maximum absolute atomic E-state index is 9.78. The van der Waals surface area contributed by atoms with E-state index < -0.39 is 0 Å². The fourth-order valence-electron chi connectivity index (χ4n) is 7.19. The van der Waals surface area contributed by atoms with Crippen molar-refractivity contribution in [2.24, 2.45) is 23.2 Å². The molecule has 4 aliphatic carbocycles. The lowest BCUT2D eigenvalue weighted by atomic mass is 9.49. The molecule has 4 fully saturated rings. The number of nitrogens with zero attached hydrogens (tertiary/aromatic N) is 2. The van der Waals surface area contributed by atoms with Crippen LogP contribution in [0.15, 0.2) is 22.6 Å². The van der Waals surface area contributed by atoms with Crippen LogP contribution in [0.25, 0.3) is 11.5 Å². The second-order valence-corrected chi connectivity index (χ2v) is 10.4. The lowest BCUT2D eigenvalue weighted by Gasteiger charge is -2.58. The van der Waals surface area contributed by atoms with Gasteiger partial charge in [-0.2, -0.15) is 0 Å². The van der Waals surface area contributed by atoms with E-state index in [4.69, 9.17) is 18.9 Å². The molecule has 1 N–H and O–H groups in total. The Balaban J connectivity index is 1.35. The number of hydrogen-bond donors (Lipinski definition) is 1. The minimum atomic E-state index is 0.169. The van der Waals surface area contributed by atoms with Crippen LogP contribution in [0.5, 0.6) is 11.5 Å². The van der Waals surface area contributed by atoms with E-state index >= 15 is 0 Å². The molecule has 1 aromatic heterocycles. The molecule has 6 nitrogen and oxygen atoms in total. The van der Waals surface area contributed by atoms with Crippen LogP contribution in [0, 0.1) is 30.1 Å². The summed E-state index contributed by atoms with van der Waals surface area (Å²) in [4.78, 5) is 7.26. The molecule has 4 saturated carbocycles. The highest BCUT2D eigenvalue weighted by Gasteiger charge is 2.51. The van der Waals surface area contributed by atoms with Gasteiger partial charge in [0.1, 0.15) is 17.3 Å². The van der Waals surface area contributed by atoms with E-state index in [1.54, 1.807) is 14.2 Å². The first-order valence-corrected chi connectivity index (χ1v) is 12.0. The number of aliphatic hydroxyl groups excluding tert-OH is 1. The Morgan fingerprint density at radius 3 is 2.38 bits per heavy atom. The number of aryl methyl sites for hydroxylation is 1. The Labute approximate surface area is 190 Å². The van der Waals surface area contributed by atoms with Gasteiger partial charge in [-0.25, -0.2) is 4.98 Å². The van der Waals surface area contributed by atoms with Crippen LogP contribution in [0.2, 0.25) is 0 Å². The van der Waals surface area contributed by atoms with Crippen molar-refractivity contribution in [3.63, 3.8) is 0 Å². The second kappa shape index (κ2) is 8.71. The first-order valence-electron chi connectivity index (χ1n) is 12.0. The molecule has 4 aliphatic rings. The van der Waals surface area contributed by atoms with Crippen LogP contribution in [0.4, 0.5) is 0 Å². The molecule has 6 heteroatoms. The number of methoxy groups -OCH3 is 2. The molecule has 1 heterocycles. The quantitative estimate of drug-likeness (QED) is 0.611. The molecular weight excluding hydrogens is 404 g/mol. The van der Waals surface area contributed by atoms with Crippen LogP contribution in [0.1, 0.15) is 50.0 Å². The Morgan fingerprint density at radius 2 is 1.78 bits per heavy atom. The summed E-state index contributed by atoms with van der Waals surface area (Å²) in [5.74, 6) is 5.60.